The van der Waals surface area contributed by atoms with Gasteiger partial charge in [-0.25, -0.2) is 8.42 Å². The summed E-state index contributed by atoms with van der Waals surface area (Å²) in [5.74, 6) is 0. The molecular weight excluding hydrogens is 174 g/mol. The maximum absolute atomic E-state index is 10.5. The number of allylic oxidation sites excluding steroid dienone is 3. The summed E-state index contributed by atoms with van der Waals surface area (Å²) in [6.45, 7) is 9.07. The molecule has 4 heteroatoms. The first-order valence-electron chi connectivity index (χ1n) is 3.73. The van der Waals surface area contributed by atoms with Gasteiger partial charge in [-0.15, -0.1) is 0 Å². The molecule has 0 aliphatic heterocycles. The molecule has 0 aliphatic rings. The molecule has 0 aromatic rings. The zero-order valence-electron chi connectivity index (χ0n) is 8.09. The lowest BCUT2D eigenvalue weighted by Crippen LogP contribution is -2.19. The summed E-state index contributed by atoms with van der Waals surface area (Å²) in [5.41, 5.74) is 0.567. The Balaban J connectivity index is 0. The van der Waals surface area contributed by atoms with E-state index in [0.29, 0.717) is 5.70 Å². The van der Waals surface area contributed by atoms with E-state index < -0.39 is 10.0 Å². The Morgan fingerprint density at radius 2 is 1.83 bits per heavy atom. The predicted molar refractivity (Wildman–Crippen MR) is 53.3 cm³/mol. The highest BCUT2D eigenvalue weighted by Crippen LogP contribution is 1.88. The summed E-state index contributed by atoms with van der Waals surface area (Å²) in [5, 5.41) is 0. The third-order valence-corrected chi connectivity index (χ3v) is 1.41. The molecule has 0 heterocycles. The Bertz CT molecular complexity index is 240. The SMILES string of the molecule is C=C/C=C(\C)NS(C)(=O)=O.CC. The van der Waals surface area contributed by atoms with Crippen LogP contribution in [0.3, 0.4) is 0 Å². The predicted octanol–water partition coefficient (Wildman–Crippen LogP) is 1.65. The van der Waals surface area contributed by atoms with Gasteiger partial charge in [-0.05, 0) is 13.0 Å². The van der Waals surface area contributed by atoms with Crippen molar-refractivity contribution in [1.82, 2.24) is 4.72 Å². The van der Waals surface area contributed by atoms with Crippen LogP contribution in [0.25, 0.3) is 0 Å². The summed E-state index contributed by atoms with van der Waals surface area (Å²) in [7, 11) is -3.11. The van der Waals surface area contributed by atoms with Crippen LogP contribution in [0.5, 0.6) is 0 Å². The third-order valence-electron chi connectivity index (χ3n) is 0.714. The van der Waals surface area contributed by atoms with Crippen LogP contribution in [0, 0.1) is 0 Å². The van der Waals surface area contributed by atoms with Gasteiger partial charge < -0.3 is 0 Å². The molecule has 0 aromatic carbocycles. The van der Waals surface area contributed by atoms with E-state index in [1.807, 2.05) is 13.8 Å². The van der Waals surface area contributed by atoms with Crippen LogP contribution in [0.4, 0.5) is 0 Å². The van der Waals surface area contributed by atoms with Crippen LogP contribution >= 0.6 is 0 Å². The number of nitrogens with one attached hydrogen (secondary N) is 1. The van der Waals surface area contributed by atoms with Gasteiger partial charge in [0.05, 0.1) is 6.26 Å². The lowest BCUT2D eigenvalue weighted by Gasteiger charge is -2.00. The van der Waals surface area contributed by atoms with Crippen molar-refractivity contribution in [3.8, 4) is 0 Å². The van der Waals surface area contributed by atoms with E-state index >= 15 is 0 Å². The van der Waals surface area contributed by atoms with Gasteiger partial charge in [0.1, 0.15) is 0 Å². The summed E-state index contributed by atoms with van der Waals surface area (Å²) in [6.07, 6.45) is 4.21. The first kappa shape index (κ1) is 13.8. The van der Waals surface area contributed by atoms with Gasteiger partial charge in [-0.1, -0.05) is 26.5 Å². The van der Waals surface area contributed by atoms with E-state index in [4.69, 9.17) is 0 Å². The van der Waals surface area contributed by atoms with E-state index in [1.165, 1.54) is 6.08 Å². The molecule has 0 aliphatic carbocycles. The Labute approximate surface area is 75.2 Å². The van der Waals surface area contributed by atoms with Crippen molar-refractivity contribution in [1.29, 1.82) is 0 Å². The molecule has 0 atom stereocenters. The fourth-order valence-corrected chi connectivity index (χ4v) is 1.16. The maximum atomic E-state index is 10.5. The summed E-state index contributed by atoms with van der Waals surface area (Å²) in [4.78, 5) is 0. The Hall–Kier alpha value is -0.770. The monoisotopic (exact) mass is 191 g/mol. The van der Waals surface area contributed by atoms with Crippen molar-refractivity contribution in [2.75, 3.05) is 6.26 Å². The van der Waals surface area contributed by atoms with Gasteiger partial charge >= 0.3 is 0 Å². The second-order valence-corrected chi connectivity index (χ2v) is 3.71. The highest BCUT2D eigenvalue weighted by molar-refractivity contribution is 7.88. The molecule has 0 radical (unpaired) electrons. The second kappa shape index (κ2) is 6.91. The van der Waals surface area contributed by atoms with Gasteiger partial charge in [-0.3, -0.25) is 4.72 Å². The van der Waals surface area contributed by atoms with Gasteiger partial charge in [-0.2, -0.15) is 0 Å². The van der Waals surface area contributed by atoms with Crippen molar-refractivity contribution in [3.05, 3.63) is 24.4 Å². The topological polar surface area (TPSA) is 46.2 Å². The zero-order chi connectivity index (χ0) is 10.2. The molecule has 72 valence electrons. The van der Waals surface area contributed by atoms with E-state index in [0.717, 1.165) is 6.26 Å². The summed E-state index contributed by atoms with van der Waals surface area (Å²) in [6, 6.07) is 0. The molecule has 0 aromatic heterocycles. The molecular formula is C8H17NO2S. The van der Waals surface area contributed by atoms with E-state index in [2.05, 4.69) is 11.3 Å². The van der Waals surface area contributed by atoms with Crippen LogP contribution in [-0.2, 0) is 10.0 Å². The standard InChI is InChI=1S/C6H11NO2S.C2H6/c1-4-5-6(2)7-10(3,8)9;1-2/h4-5,7H,1H2,2-3H3;1-2H3/b6-5+;. The molecule has 0 spiro atoms. The first-order chi connectivity index (χ1) is 5.45. The lowest BCUT2D eigenvalue weighted by molar-refractivity contribution is 0.594. The quantitative estimate of drug-likeness (QED) is 0.689. The molecule has 0 unspecified atom stereocenters. The van der Waals surface area contributed by atoms with Crippen molar-refractivity contribution in [2.24, 2.45) is 0 Å². The summed E-state index contributed by atoms with van der Waals surface area (Å²) >= 11 is 0. The Kier molecular flexibility index (Phi) is 7.94. The van der Waals surface area contributed by atoms with Gasteiger partial charge in [0.2, 0.25) is 10.0 Å². The molecule has 0 fully saturated rings. The highest BCUT2D eigenvalue weighted by atomic mass is 32.2. The van der Waals surface area contributed by atoms with Gasteiger partial charge in [0.25, 0.3) is 0 Å². The molecule has 3 nitrogen and oxygen atoms in total. The molecule has 12 heavy (non-hydrogen) atoms. The lowest BCUT2D eigenvalue weighted by atomic mass is 10.4. The van der Waals surface area contributed by atoms with Crippen LogP contribution in [0.2, 0.25) is 0 Å². The Morgan fingerprint density at radius 3 is 2.08 bits per heavy atom. The molecule has 0 rings (SSSR count). The average molecular weight is 191 g/mol. The molecule has 0 saturated carbocycles. The van der Waals surface area contributed by atoms with Crippen molar-refractivity contribution < 1.29 is 8.42 Å². The smallest absolute Gasteiger partial charge is 0.229 e. The second-order valence-electron chi connectivity index (χ2n) is 1.96. The van der Waals surface area contributed by atoms with Crippen molar-refractivity contribution in [2.45, 2.75) is 20.8 Å². The normalized spacial score (nSPS) is 11.2. The van der Waals surface area contributed by atoms with Crippen molar-refractivity contribution >= 4 is 10.0 Å². The fraction of sp³-hybridized carbons (Fsp3) is 0.500. The molecule has 0 saturated heterocycles. The van der Waals surface area contributed by atoms with Crippen LogP contribution in [0.1, 0.15) is 20.8 Å². The molecule has 1 N–H and O–H groups in total. The zero-order valence-corrected chi connectivity index (χ0v) is 8.90. The van der Waals surface area contributed by atoms with Gasteiger partial charge in [0.15, 0.2) is 0 Å². The van der Waals surface area contributed by atoms with Crippen molar-refractivity contribution in [3.63, 3.8) is 0 Å². The minimum Gasteiger partial charge on any atom is -0.288 e. The Morgan fingerprint density at radius 1 is 1.42 bits per heavy atom. The number of hydrogen-bond acceptors (Lipinski definition) is 2. The van der Waals surface area contributed by atoms with Crippen LogP contribution < -0.4 is 4.72 Å². The average Bonchev–Trinajstić information content (AvgIpc) is 1.88. The first-order valence-corrected chi connectivity index (χ1v) is 5.62. The van der Waals surface area contributed by atoms with E-state index in [9.17, 15) is 8.42 Å². The van der Waals surface area contributed by atoms with Crippen LogP contribution in [0.15, 0.2) is 24.4 Å². The number of rotatable bonds is 3. The fourth-order valence-electron chi connectivity index (χ4n) is 0.503. The summed E-state index contributed by atoms with van der Waals surface area (Å²) < 4.78 is 23.3. The van der Waals surface area contributed by atoms with Crippen LogP contribution in [-0.4, -0.2) is 14.7 Å². The third kappa shape index (κ3) is 12.0. The van der Waals surface area contributed by atoms with E-state index in [1.54, 1.807) is 13.0 Å². The van der Waals surface area contributed by atoms with Gasteiger partial charge in [0, 0.05) is 5.70 Å². The minimum absolute atomic E-state index is 0.567. The molecule has 0 bridgehead atoms. The largest absolute Gasteiger partial charge is 0.288 e. The number of sulfonamides is 1. The maximum Gasteiger partial charge on any atom is 0.229 e. The highest BCUT2D eigenvalue weighted by Gasteiger charge is 1.97. The minimum atomic E-state index is -3.11. The van der Waals surface area contributed by atoms with E-state index in [-0.39, 0.29) is 0 Å². The number of hydrogen-bond donors (Lipinski definition) is 1. The molecule has 0 amide bonds.